The summed E-state index contributed by atoms with van der Waals surface area (Å²) in [5, 5.41) is 3.15. The molecule has 3 N–H and O–H groups in total. The average molecular weight is 495 g/mol. The molecule has 0 amide bonds. The Bertz CT molecular complexity index is 747. The van der Waals surface area contributed by atoms with Crippen LogP contribution in [0.5, 0.6) is 11.5 Å². The molecule has 1 heterocycles. The average Bonchev–Trinajstić information content (AvgIpc) is 2.68. The fourth-order valence-corrected chi connectivity index (χ4v) is 3.06. The number of piperazine rings is 1. The van der Waals surface area contributed by atoms with Crippen LogP contribution in [-0.2, 0) is 0 Å². The zero-order valence-corrected chi connectivity index (χ0v) is 18.9. The number of hydrogen-bond acceptors (Lipinski definition) is 4. The second-order valence-corrected chi connectivity index (χ2v) is 6.98. The van der Waals surface area contributed by atoms with E-state index < -0.39 is 0 Å². The summed E-state index contributed by atoms with van der Waals surface area (Å²) in [5.41, 5.74) is 6.94. The fraction of sp³-hybridized carbons (Fsp3) is 0.381. The van der Waals surface area contributed by atoms with E-state index in [9.17, 15) is 0 Å². The molecule has 2 aromatic rings. The number of halogens is 1. The van der Waals surface area contributed by atoms with E-state index in [-0.39, 0.29) is 24.0 Å². The standard InChI is InChI=1S/C21H29N5O.HI/c1-17(26-13-11-25(2)12-14-26)16-23-21(22)24-18-7-6-10-20(15-18)27-19-8-4-3-5-9-19;/h3-10,15,17H,11-14,16H2,1-2H3,(H3,22,23,24);1H. The monoisotopic (exact) mass is 495 g/mol. The predicted molar refractivity (Wildman–Crippen MR) is 127 cm³/mol. The number of ether oxygens (including phenoxy) is 1. The third-order valence-corrected chi connectivity index (χ3v) is 4.77. The van der Waals surface area contributed by atoms with Gasteiger partial charge in [0.25, 0.3) is 0 Å². The highest BCUT2D eigenvalue weighted by Gasteiger charge is 2.18. The lowest BCUT2D eigenvalue weighted by molar-refractivity contribution is 0.122. The molecule has 0 bridgehead atoms. The molecule has 1 fully saturated rings. The van der Waals surface area contributed by atoms with Crippen molar-refractivity contribution in [3.05, 3.63) is 54.6 Å². The first-order chi connectivity index (χ1) is 13.1. The molecule has 2 aromatic carbocycles. The molecule has 3 rings (SSSR count). The van der Waals surface area contributed by atoms with E-state index in [1.165, 1.54) is 0 Å². The molecule has 1 unspecified atom stereocenters. The summed E-state index contributed by atoms with van der Waals surface area (Å²) in [6.07, 6.45) is 0. The number of guanidine groups is 1. The number of anilines is 1. The number of nitrogens with zero attached hydrogens (tertiary/aromatic N) is 3. The van der Waals surface area contributed by atoms with Gasteiger partial charge in [0.1, 0.15) is 11.5 Å². The van der Waals surface area contributed by atoms with Crippen LogP contribution in [0.3, 0.4) is 0 Å². The Morgan fingerprint density at radius 2 is 1.75 bits per heavy atom. The van der Waals surface area contributed by atoms with Crippen LogP contribution < -0.4 is 15.8 Å². The lowest BCUT2D eigenvalue weighted by Gasteiger charge is -2.35. The van der Waals surface area contributed by atoms with E-state index in [0.717, 1.165) is 43.4 Å². The van der Waals surface area contributed by atoms with Crippen molar-refractivity contribution in [2.45, 2.75) is 13.0 Å². The summed E-state index contributed by atoms with van der Waals surface area (Å²) >= 11 is 0. The molecule has 28 heavy (non-hydrogen) atoms. The van der Waals surface area contributed by atoms with Gasteiger partial charge < -0.3 is 20.7 Å². The molecule has 0 radical (unpaired) electrons. The number of likely N-dealkylation sites (N-methyl/N-ethyl adjacent to an activating group) is 1. The molecule has 6 nitrogen and oxygen atoms in total. The molecule has 1 saturated heterocycles. The van der Waals surface area contributed by atoms with Crippen molar-refractivity contribution in [3.63, 3.8) is 0 Å². The van der Waals surface area contributed by atoms with Crippen LogP contribution in [0, 0.1) is 0 Å². The van der Waals surface area contributed by atoms with E-state index in [4.69, 9.17) is 10.5 Å². The van der Waals surface area contributed by atoms with E-state index in [2.05, 4.69) is 34.1 Å². The Kier molecular flexibility index (Phi) is 9.01. The zero-order valence-electron chi connectivity index (χ0n) is 16.5. The summed E-state index contributed by atoms with van der Waals surface area (Å²) in [5.74, 6) is 1.98. The van der Waals surface area contributed by atoms with Crippen molar-refractivity contribution in [2.24, 2.45) is 10.7 Å². The molecule has 152 valence electrons. The second-order valence-electron chi connectivity index (χ2n) is 6.98. The highest BCUT2D eigenvalue weighted by molar-refractivity contribution is 14.0. The maximum Gasteiger partial charge on any atom is 0.193 e. The van der Waals surface area contributed by atoms with Crippen LogP contribution in [0.2, 0.25) is 0 Å². The number of benzene rings is 2. The number of nitrogens with one attached hydrogen (secondary N) is 1. The Morgan fingerprint density at radius 1 is 1.07 bits per heavy atom. The first kappa shape index (κ1) is 22.4. The largest absolute Gasteiger partial charge is 0.457 e. The lowest BCUT2D eigenvalue weighted by Crippen LogP contribution is -2.49. The number of nitrogens with two attached hydrogens (primary N) is 1. The van der Waals surface area contributed by atoms with Gasteiger partial charge in [0.15, 0.2) is 5.96 Å². The summed E-state index contributed by atoms with van der Waals surface area (Å²) in [4.78, 5) is 9.33. The van der Waals surface area contributed by atoms with Gasteiger partial charge in [-0.3, -0.25) is 9.89 Å². The highest BCUT2D eigenvalue weighted by Crippen LogP contribution is 2.23. The summed E-state index contributed by atoms with van der Waals surface area (Å²) in [7, 11) is 2.16. The third kappa shape index (κ3) is 6.96. The predicted octanol–water partition coefficient (Wildman–Crippen LogP) is 3.46. The molecular weight excluding hydrogens is 465 g/mol. The summed E-state index contributed by atoms with van der Waals surface area (Å²) in [6, 6.07) is 17.8. The summed E-state index contributed by atoms with van der Waals surface area (Å²) < 4.78 is 5.86. The quantitative estimate of drug-likeness (QED) is 0.365. The number of hydrogen-bond donors (Lipinski definition) is 2. The summed E-state index contributed by atoms with van der Waals surface area (Å²) in [6.45, 7) is 7.27. The van der Waals surface area contributed by atoms with Crippen molar-refractivity contribution in [3.8, 4) is 11.5 Å². The topological polar surface area (TPSA) is 66.1 Å². The van der Waals surface area contributed by atoms with Crippen LogP contribution in [0.15, 0.2) is 59.6 Å². The SMILES string of the molecule is CC(CN=C(N)Nc1cccc(Oc2ccccc2)c1)N1CCN(C)CC1.I. The molecular formula is C21H30IN5O. The lowest BCUT2D eigenvalue weighted by atomic mass is 10.2. The van der Waals surface area contributed by atoms with Gasteiger partial charge in [-0.2, -0.15) is 0 Å². The normalized spacial score (nSPS) is 16.9. The number of rotatable bonds is 6. The van der Waals surface area contributed by atoms with Crippen LogP contribution in [0.1, 0.15) is 6.92 Å². The van der Waals surface area contributed by atoms with Gasteiger partial charge in [-0.1, -0.05) is 24.3 Å². The Morgan fingerprint density at radius 3 is 2.46 bits per heavy atom. The van der Waals surface area contributed by atoms with Gasteiger partial charge in [0.2, 0.25) is 0 Å². The molecule has 0 spiro atoms. The maximum atomic E-state index is 6.08. The van der Waals surface area contributed by atoms with Gasteiger partial charge in [0.05, 0.1) is 6.54 Å². The van der Waals surface area contributed by atoms with Crippen molar-refractivity contribution in [1.29, 1.82) is 0 Å². The van der Waals surface area contributed by atoms with Gasteiger partial charge in [-0.05, 0) is 38.2 Å². The first-order valence-corrected chi connectivity index (χ1v) is 9.42. The van der Waals surface area contributed by atoms with Crippen LogP contribution in [0.4, 0.5) is 5.69 Å². The first-order valence-electron chi connectivity index (χ1n) is 9.42. The number of para-hydroxylation sites is 1. The molecule has 7 heteroatoms. The fourth-order valence-electron chi connectivity index (χ4n) is 3.06. The van der Waals surface area contributed by atoms with Gasteiger partial charge in [-0.15, -0.1) is 24.0 Å². The molecule has 0 aliphatic carbocycles. The Labute approximate surface area is 184 Å². The molecule has 1 atom stereocenters. The van der Waals surface area contributed by atoms with Crippen LogP contribution >= 0.6 is 24.0 Å². The number of aliphatic imine (C=N–C) groups is 1. The van der Waals surface area contributed by atoms with E-state index in [1.807, 2.05) is 54.6 Å². The van der Waals surface area contributed by atoms with Gasteiger partial charge in [-0.25, -0.2) is 0 Å². The minimum atomic E-state index is 0. The second kappa shape index (κ2) is 11.2. The molecule has 1 aliphatic heterocycles. The van der Waals surface area contributed by atoms with Gasteiger partial charge in [0, 0.05) is 44.0 Å². The van der Waals surface area contributed by atoms with Crippen LogP contribution in [0.25, 0.3) is 0 Å². The van der Waals surface area contributed by atoms with E-state index >= 15 is 0 Å². The molecule has 0 aromatic heterocycles. The highest BCUT2D eigenvalue weighted by atomic mass is 127. The van der Waals surface area contributed by atoms with Crippen LogP contribution in [-0.4, -0.2) is 61.6 Å². The van der Waals surface area contributed by atoms with Gasteiger partial charge >= 0.3 is 0 Å². The Hall–Kier alpha value is -1.84. The van der Waals surface area contributed by atoms with Crippen molar-refractivity contribution in [1.82, 2.24) is 9.80 Å². The smallest absolute Gasteiger partial charge is 0.193 e. The third-order valence-electron chi connectivity index (χ3n) is 4.77. The van der Waals surface area contributed by atoms with E-state index in [0.29, 0.717) is 18.5 Å². The van der Waals surface area contributed by atoms with Crippen molar-refractivity contribution in [2.75, 3.05) is 45.1 Å². The molecule has 0 saturated carbocycles. The minimum absolute atomic E-state index is 0. The zero-order chi connectivity index (χ0) is 19.1. The molecule has 1 aliphatic rings. The van der Waals surface area contributed by atoms with Crippen molar-refractivity contribution < 1.29 is 4.74 Å². The Balaban J connectivity index is 0.00000280. The maximum absolute atomic E-state index is 6.08. The minimum Gasteiger partial charge on any atom is -0.457 e. The van der Waals surface area contributed by atoms with Crippen molar-refractivity contribution >= 4 is 35.6 Å². The van der Waals surface area contributed by atoms with E-state index in [1.54, 1.807) is 0 Å².